The molecule has 6 heterocycles. The number of carbonyl (C=O) groups excluding carboxylic acids is 1. The number of esters is 1. The number of unbranched alkanes of at least 4 members (excludes halogenated alkanes) is 10. The van der Waals surface area contributed by atoms with Crippen molar-refractivity contribution in [2.75, 3.05) is 6.61 Å². The van der Waals surface area contributed by atoms with E-state index in [2.05, 4.69) is 24.1 Å². The molecule has 0 aromatic rings. The Morgan fingerprint density at radius 2 is 1.61 bits per heavy atom. The van der Waals surface area contributed by atoms with E-state index >= 15 is 0 Å². The van der Waals surface area contributed by atoms with E-state index in [9.17, 15) is 10.0 Å². The van der Waals surface area contributed by atoms with Crippen LogP contribution >= 0.6 is 0 Å². The van der Waals surface area contributed by atoms with Crippen molar-refractivity contribution in [2.45, 2.75) is 198 Å². The highest BCUT2D eigenvalue weighted by Gasteiger charge is 2.50. The molecule has 8 atom stereocenters. The van der Waals surface area contributed by atoms with E-state index in [0.29, 0.717) is 36.8 Å². The largest absolute Gasteiger partial charge is 0.462 e. The molecule has 6 rings (SSSR count). The summed E-state index contributed by atoms with van der Waals surface area (Å²) in [4.78, 5) is 26.9. The zero-order chi connectivity index (χ0) is 32.0. The number of guanidine groups is 1. The molecule has 0 aromatic carbocycles. The fraction of sp³-hybridized carbons (Fsp3) is 0.865. The SMILES string of the molecule is CCCCCCCCC[C@@H]1C[C@@H]2CCC3=C(C(=O)OCCCCCCC[C@@H]4C[C@@H]5CC[C@H]6C[C@@H](C)N=C(N4O)N56)C(C)=NC(N1)[NH+]32. The zero-order valence-corrected chi connectivity index (χ0v) is 29.2. The van der Waals surface area contributed by atoms with Crippen molar-refractivity contribution in [2.24, 2.45) is 9.98 Å². The summed E-state index contributed by atoms with van der Waals surface area (Å²) in [7, 11) is 0. The van der Waals surface area contributed by atoms with Crippen LogP contribution in [0, 0.1) is 0 Å². The van der Waals surface area contributed by atoms with Crippen molar-refractivity contribution in [1.29, 1.82) is 0 Å². The predicted octanol–water partition coefficient (Wildman–Crippen LogP) is 5.88. The number of carbonyl (C=O) groups is 1. The minimum Gasteiger partial charge on any atom is -0.462 e. The van der Waals surface area contributed by atoms with Crippen LogP contribution in [0.3, 0.4) is 0 Å². The van der Waals surface area contributed by atoms with Gasteiger partial charge in [0, 0.05) is 37.4 Å². The Kier molecular flexibility index (Phi) is 11.8. The number of rotatable bonds is 17. The van der Waals surface area contributed by atoms with E-state index < -0.39 is 0 Å². The zero-order valence-electron chi connectivity index (χ0n) is 29.2. The summed E-state index contributed by atoms with van der Waals surface area (Å²) < 4.78 is 5.84. The lowest BCUT2D eigenvalue weighted by Crippen LogP contribution is -3.19. The first-order valence-corrected chi connectivity index (χ1v) is 19.4. The van der Waals surface area contributed by atoms with E-state index in [1.165, 1.54) is 86.3 Å². The molecule has 9 nitrogen and oxygen atoms in total. The lowest BCUT2D eigenvalue weighted by atomic mass is 9.96. The summed E-state index contributed by atoms with van der Waals surface area (Å²) >= 11 is 0. The summed E-state index contributed by atoms with van der Waals surface area (Å²) in [6.07, 6.45) is 25.1. The number of nitrogens with one attached hydrogen (secondary N) is 2. The fourth-order valence-corrected chi connectivity index (χ4v) is 9.60. The second-order valence-corrected chi connectivity index (χ2v) is 15.4. The van der Waals surface area contributed by atoms with Gasteiger partial charge in [-0.15, -0.1) is 0 Å². The Hall–Kier alpha value is -1.97. The average molecular weight is 640 g/mol. The van der Waals surface area contributed by atoms with Crippen LogP contribution in [0.2, 0.25) is 0 Å². The van der Waals surface area contributed by atoms with E-state index in [0.717, 1.165) is 81.5 Å². The van der Waals surface area contributed by atoms with E-state index in [1.54, 1.807) is 0 Å². The molecule has 4 fully saturated rings. The number of ether oxygens (including phenoxy) is 1. The maximum absolute atomic E-state index is 13.3. The molecular weight excluding hydrogens is 576 g/mol. The van der Waals surface area contributed by atoms with Crippen LogP contribution in [0.1, 0.15) is 156 Å². The Morgan fingerprint density at radius 3 is 2.39 bits per heavy atom. The molecule has 6 aliphatic rings. The summed E-state index contributed by atoms with van der Waals surface area (Å²) in [5.41, 5.74) is 2.84. The van der Waals surface area contributed by atoms with Gasteiger partial charge in [-0.25, -0.2) is 25.2 Å². The number of hydroxylamine groups is 2. The summed E-state index contributed by atoms with van der Waals surface area (Å²) in [5, 5.41) is 16.3. The van der Waals surface area contributed by atoms with Crippen LogP contribution in [-0.4, -0.2) is 82.0 Å². The predicted molar refractivity (Wildman–Crippen MR) is 183 cm³/mol. The molecule has 0 radical (unpaired) electrons. The first-order chi connectivity index (χ1) is 22.4. The molecule has 0 spiro atoms. The van der Waals surface area contributed by atoms with Crippen molar-refractivity contribution in [3.05, 3.63) is 11.3 Å². The Morgan fingerprint density at radius 1 is 0.913 bits per heavy atom. The van der Waals surface area contributed by atoms with Gasteiger partial charge in [0.05, 0.1) is 30.4 Å². The first-order valence-electron chi connectivity index (χ1n) is 19.4. The molecule has 3 N–H and O–H groups in total. The Bertz CT molecular complexity index is 1140. The van der Waals surface area contributed by atoms with Crippen molar-refractivity contribution >= 4 is 17.6 Å². The molecule has 2 unspecified atom stereocenters. The van der Waals surface area contributed by atoms with Crippen molar-refractivity contribution < 1.29 is 19.6 Å². The van der Waals surface area contributed by atoms with Gasteiger partial charge in [-0.2, -0.15) is 0 Å². The van der Waals surface area contributed by atoms with Gasteiger partial charge in [0.15, 0.2) is 0 Å². The van der Waals surface area contributed by atoms with Crippen molar-refractivity contribution in [3.8, 4) is 0 Å². The molecule has 46 heavy (non-hydrogen) atoms. The van der Waals surface area contributed by atoms with E-state index in [-0.39, 0.29) is 18.3 Å². The minimum atomic E-state index is -0.170. The monoisotopic (exact) mass is 639 g/mol. The van der Waals surface area contributed by atoms with E-state index in [1.807, 2.05) is 6.92 Å². The van der Waals surface area contributed by atoms with Gasteiger partial charge in [-0.05, 0) is 58.8 Å². The summed E-state index contributed by atoms with van der Waals surface area (Å²) in [6.45, 7) is 6.93. The summed E-state index contributed by atoms with van der Waals surface area (Å²) in [6, 6.07) is 2.71. The molecular formula is C37H63N6O3+. The second-order valence-electron chi connectivity index (χ2n) is 15.4. The first kappa shape index (κ1) is 33.9. The smallest absolute Gasteiger partial charge is 0.345 e. The van der Waals surface area contributed by atoms with Gasteiger partial charge in [0.25, 0.3) is 0 Å². The van der Waals surface area contributed by atoms with Crippen LogP contribution < -0.4 is 10.2 Å². The molecule has 0 aromatic heterocycles. The van der Waals surface area contributed by atoms with Gasteiger partial charge < -0.3 is 9.64 Å². The fourth-order valence-electron chi connectivity index (χ4n) is 9.60. The highest BCUT2D eigenvalue weighted by molar-refractivity contribution is 6.19. The highest BCUT2D eigenvalue weighted by Crippen LogP contribution is 2.39. The number of allylic oxidation sites excluding steroid dienone is 1. The summed E-state index contributed by atoms with van der Waals surface area (Å²) in [5.74, 6) is 0.667. The Labute approximate surface area is 278 Å². The second kappa shape index (κ2) is 16.0. The molecule has 0 amide bonds. The maximum Gasteiger partial charge on any atom is 0.345 e. The maximum atomic E-state index is 13.3. The lowest BCUT2D eigenvalue weighted by molar-refractivity contribution is -0.913. The van der Waals surface area contributed by atoms with E-state index in [4.69, 9.17) is 14.7 Å². The van der Waals surface area contributed by atoms with Crippen LogP contribution in [-0.2, 0) is 9.53 Å². The van der Waals surface area contributed by atoms with Crippen LogP contribution in [0.5, 0.6) is 0 Å². The van der Waals surface area contributed by atoms with Gasteiger partial charge in [-0.3, -0.25) is 10.1 Å². The molecule has 6 aliphatic heterocycles. The number of hydrogen-bond acceptors (Lipinski definition) is 8. The third-order valence-corrected chi connectivity index (χ3v) is 11.9. The van der Waals surface area contributed by atoms with Crippen LogP contribution in [0.15, 0.2) is 21.3 Å². The number of hydrogen-bond donors (Lipinski definition) is 3. The van der Waals surface area contributed by atoms with Crippen molar-refractivity contribution in [1.82, 2.24) is 15.3 Å². The number of nitrogens with zero attached hydrogens (tertiary/aromatic N) is 4. The molecule has 258 valence electrons. The quantitative estimate of drug-likeness (QED) is 0.136. The van der Waals surface area contributed by atoms with Gasteiger partial charge in [0.1, 0.15) is 11.3 Å². The molecule has 9 heteroatoms. The van der Waals surface area contributed by atoms with Gasteiger partial charge in [0.2, 0.25) is 12.2 Å². The average Bonchev–Trinajstić information content (AvgIpc) is 3.65. The highest BCUT2D eigenvalue weighted by atomic mass is 16.5. The molecule has 0 bridgehead atoms. The minimum absolute atomic E-state index is 0.0575. The van der Waals surface area contributed by atoms with Crippen LogP contribution in [0.4, 0.5) is 0 Å². The lowest BCUT2D eigenvalue weighted by Gasteiger charge is -2.47. The number of quaternary nitrogens is 1. The third kappa shape index (κ3) is 7.67. The van der Waals surface area contributed by atoms with Gasteiger partial charge >= 0.3 is 5.97 Å². The van der Waals surface area contributed by atoms with Gasteiger partial charge in [-0.1, -0.05) is 77.6 Å². The Balaban J connectivity index is 0.873. The molecule has 4 saturated heterocycles. The van der Waals surface area contributed by atoms with Crippen LogP contribution in [0.25, 0.3) is 0 Å². The number of aliphatic imine (C=N–C) groups is 2. The standard InChI is InChI=1S/C37H62N6O3/c1-4-5-6-7-8-10-13-16-28-24-30-20-21-33-34(27(3)39-36(40-28)42(30)33)35(44)46-22-15-12-9-11-14-17-32-25-31-19-18-29-23-26(2)38-37(41(29)31)43(32)45/h26,28-32,36,40,45H,4-25H2,1-3H3/p+1/t26-,28-,29+,30+,31+,32-,36?/m1/s1. The normalized spacial score (nSPS) is 33.1. The molecule has 0 saturated carbocycles. The van der Waals surface area contributed by atoms with Crippen molar-refractivity contribution in [3.63, 3.8) is 0 Å². The molecule has 0 aliphatic carbocycles. The topological polar surface area (TPSA) is 94.2 Å². The third-order valence-electron chi connectivity index (χ3n) is 11.9.